The van der Waals surface area contributed by atoms with Crippen LogP contribution in [-0.2, 0) is 0 Å². The lowest BCUT2D eigenvalue weighted by atomic mass is 10.1. The standard InChI is InChI=1S/C18H10N2O5/c21-17(22)11-7-5-10(6-8-11)15-19-20-16(25-15)13-9-12-3-1-2-4-14(12)24-18(13)23/h1-9H,(H,21,22). The molecular weight excluding hydrogens is 324 g/mol. The van der Waals surface area contributed by atoms with Crippen LogP contribution in [0.2, 0.25) is 0 Å². The summed E-state index contributed by atoms with van der Waals surface area (Å²) in [6, 6.07) is 14.7. The molecule has 0 spiro atoms. The van der Waals surface area contributed by atoms with Crippen LogP contribution < -0.4 is 5.63 Å². The van der Waals surface area contributed by atoms with Gasteiger partial charge in [0.05, 0.1) is 5.56 Å². The number of fused-ring (bicyclic) bond motifs is 1. The van der Waals surface area contributed by atoms with Crippen LogP contribution in [0, 0.1) is 0 Å². The van der Waals surface area contributed by atoms with Crippen molar-refractivity contribution in [1.29, 1.82) is 0 Å². The summed E-state index contributed by atoms with van der Waals surface area (Å²) in [4.78, 5) is 23.0. The zero-order valence-electron chi connectivity index (χ0n) is 12.7. The fourth-order valence-corrected chi connectivity index (χ4v) is 2.42. The highest BCUT2D eigenvalue weighted by Gasteiger charge is 2.16. The van der Waals surface area contributed by atoms with Gasteiger partial charge in [-0.1, -0.05) is 18.2 Å². The topological polar surface area (TPSA) is 106 Å². The van der Waals surface area contributed by atoms with Gasteiger partial charge in [0, 0.05) is 10.9 Å². The summed E-state index contributed by atoms with van der Waals surface area (Å²) in [6.07, 6.45) is 0. The van der Waals surface area contributed by atoms with E-state index in [9.17, 15) is 9.59 Å². The average molecular weight is 334 g/mol. The Kier molecular flexibility index (Phi) is 3.39. The molecule has 0 radical (unpaired) electrons. The van der Waals surface area contributed by atoms with Gasteiger partial charge in [-0.05, 0) is 36.4 Å². The number of nitrogens with zero attached hydrogens (tertiary/aromatic N) is 2. The van der Waals surface area contributed by atoms with Crippen LogP contribution in [0.1, 0.15) is 10.4 Å². The maximum Gasteiger partial charge on any atom is 0.349 e. The van der Waals surface area contributed by atoms with Crippen LogP contribution in [0.4, 0.5) is 0 Å². The molecule has 0 aliphatic rings. The minimum atomic E-state index is -1.02. The van der Waals surface area contributed by atoms with Gasteiger partial charge < -0.3 is 13.9 Å². The van der Waals surface area contributed by atoms with E-state index < -0.39 is 11.6 Å². The first-order valence-corrected chi connectivity index (χ1v) is 7.32. The van der Waals surface area contributed by atoms with Gasteiger partial charge in [-0.25, -0.2) is 9.59 Å². The van der Waals surface area contributed by atoms with Gasteiger partial charge in [0.15, 0.2) is 0 Å². The minimum absolute atomic E-state index is 0.0387. The lowest BCUT2D eigenvalue weighted by Crippen LogP contribution is -2.02. The van der Waals surface area contributed by atoms with Crippen LogP contribution >= 0.6 is 0 Å². The van der Waals surface area contributed by atoms with Gasteiger partial charge in [-0.2, -0.15) is 0 Å². The molecule has 0 bridgehead atoms. The third-order valence-corrected chi connectivity index (χ3v) is 3.68. The Labute approximate surface area is 140 Å². The third kappa shape index (κ3) is 2.67. The molecule has 7 nitrogen and oxygen atoms in total. The molecule has 2 aromatic heterocycles. The lowest BCUT2D eigenvalue weighted by Gasteiger charge is -1.98. The smallest absolute Gasteiger partial charge is 0.349 e. The Hall–Kier alpha value is -3.74. The first-order chi connectivity index (χ1) is 12.1. The molecule has 2 heterocycles. The molecule has 0 aliphatic carbocycles. The highest BCUT2D eigenvalue weighted by atomic mass is 16.4. The van der Waals surface area contributed by atoms with Crippen molar-refractivity contribution in [2.75, 3.05) is 0 Å². The predicted molar refractivity (Wildman–Crippen MR) is 88.2 cm³/mol. The van der Waals surface area contributed by atoms with Gasteiger partial charge in [0.1, 0.15) is 11.1 Å². The van der Waals surface area contributed by atoms with Crippen molar-refractivity contribution in [1.82, 2.24) is 10.2 Å². The van der Waals surface area contributed by atoms with E-state index in [1.807, 2.05) is 12.1 Å². The van der Waals surface area contributed by atoms with Crippen molar-refractivity contribution in [3.8, 4) is 22.9 Å². The average Bonchev–Trinajstić information content (AvgIpc) is 3.11. The van der Waals surface area contributed by atoms with Crippen LogP contribution in [0.5, 0.6) is 0 Å². The normalized spacial score (nSPS) is 10.9. The summed E-state index contributed by atoms with van der Waals surface area (Å²) in [6.45, 7) is 0. The van der Waals surface area contributed by atoms with Gasteiger partial charge in [-0.15, -0.1) is 10.2 Å². The van der Waals surface area contributed by atoms with E-state index in [1.54, 1.807) is 30.3 Å². The molecule has 7 heteroatoms. The van der Waals surface area contributed by atoms with E-state index in [-0.39, 0.29) is 22.9 Å². The number of rotatable bonds is 3. The summed E-state index contributed by atoms with van der Waals surface area (Å²) in [5.74, 6) is -0.803. The number of carbonyl (C=O) groups is 1. The van der Waals surface area contributed by atoms with Gasteiger partial charge in [0.25, 0.3) is 5.89 Å². The monoisotopic (exact) mass is 334 g/mol. The Bertz CT molecular complexity index is 1140. The van der Waals surface area contributed by atoms with Crippen molar-refractivity contribution >= 4 is 16.9 Å². The predicted octanol–water partition coefficient (Wildman–Crippen LogP) is 3.21. The number of aromatic carboxylic acids is 1. The van der Waals surface area contributed by atoms with Crippen LogP contribution in [0.25, 0.3) is 33.9 Å². The molecular formula is C18H10N2O5. The van der Waals surface area contributed by atoms with E-state index in [0.717, 1.165) is 5.39 Å². The molecule has 0 atom stereocenters. The van der Waals surface area contributed by atoms with Gasteiger partial charge in [-0.3, -0.25) is 0 Å². The highest BCUT2D eigenvalue weighted by Crippen LogP contribution is 2.24. The number of para-hydroxylation sites is 1. The second-order valence-electron chi connectivity index (χ2n) is 5.28. The molecule has 0 saturated carbocycles. The van der Waals surface area contributed by atoms with E-state index in [2.05, 4.69) is 10.2 Å². The molecule has 0 unspecified atom stereocenters. The fourth-order valence-electron chi connectivity index (χ4n) is 2.42. The van der Waals surface area contributed by atoms with E-state index in [0.29, 0.717) is 11.1 Å². The first kappa shape index (κ1) is 14.8. The summed E-state index contributed by atoms with van der Waals surface area (Å²) < 4.78 is 10.8. The van der Waals surface area contributed by atoms with Crippen molar-refractivity contribution in [2.24, 2.45) is 0 Å². The van der Waals surface area contributed by atoms with E-state index in [1.165, 1.54) is 12.1 Å². The summed E-state index contributed by atoms with van der Waals surface area (Å²) >= 11 is 0. The molecule has 1 N–H and O–H groups in total. The number of carboxylic acids is 1. The van der Waals surface area contributed by atoms with Crippen molar-refractivity contribution in [3.63, 3.8) is 0 Å². The van der Waals surface area contributed by atoms with Gasteiger partial charge >= 0.3 is 11.6 Å². The maximum atomic E-state index is 12.1. The molecule has 25 heavy (non-hydrogen) atoms. The molecule has 0 amide bonds. The van der Waals surface area contributed by atoms with Crippen molar-refractivity contribution in [2.45, 2.75) is 0 Å². The zero-order chi connectivity index (χ0) is 17.4. The molecule has 0 saturated heterocycles. The first-order valence-electron chi connectivity index (χ1n) is 7.32. The lowest BCUT2D eigenvalue weighted by molar-refractivity contribution is 0.0697. The molecule has 0 aliphatic heterocycles. The zero-order valence-corrected chi connectivity index (χ0v) is 12.7. The Balaban J connectivity index is 1.75. The Morgan fingerprint density at radius 3 is 2.40 bits per heavy atom. The molecule has 0 fully saturated rings. The molecule has 122 valence electrons. The minimum Gasteiger partial charge on any atom is -0.478 e. The Morgan fingerprint density at radius 2 is 1.64 bits per heavy atom. The maximum absolute atomic E-state index is 12.1. The largest absolute Gasteiger partial charge is 0.478 e. The molecule has 4 rings (SSSR count). The number of hydrogen-bond donors (Lipinski definition) is 1. The van der Waals surface area contributed by atoms with Crippen LogP contribution in [0.15, 0.2) is 68.2 Å². The van der Waals surface area contributed by atoms with E-state index >= 15 is 0 Å². The number of benzene rings is 2. The summed E-state index contributed by atoms with van der Waals surface area (Å²) in [5, 5.41) is 17.5. The highest BCUT2D eigenvalue weighted by molar-refractivity contribution is 5.88. The second kappa shape index (κ2) is 5.72. The summed E-state index contributed by atoms with van der Waals surface area (Å²) in [5.41, 5.74) is 0.766. The SMILES string of the molecule is O=C(O)c1ccc(-c2nnc(-c3cc4ccccc4oc3=O)o2)cc1. The van der Waals surface area contributed by atoms with Crippen LogP contribution in [-0.4, -0.2) is 21.3 Å². The number of aromatic nitrogens is 2. The molecule has 2 aromatic carbocycles. The summed E-state index contributed by atoms with van der Waals surface area (Å²) in [7, 11) is 0. The number of hydrogen-bond acceptors (Lipinski definition) is 6. The quantitative estimate of drug-likeness (QED) is 0.573. The van der Waals surface area contributed by atoms with Crippen LogP contribution in [0.3, 0.4) is 0 Å². The van der Waals surface area contributed by atoms with Crippen molar-refractivity contribution < 1.29 is 18.7 Å². The van der Waals surface area contributed by atoms with Gasteiger partial charge in [0.2, 0.25) is 5.89 Å². The second-order valence-corrected chi connectivity index (χ2v) is 5.28. The Morgan fingerprint density at radius 1 is 0.920 bits per heavy atom. The fraction of sp³-hybridized carbons (Fsp3) is 0. The number of carboxylic acid groups (broad SMARTS) is 1. The third-order valence-electron chi connectivity index (χ3n) is 3.68. The van der Waals surface area contributed by atoms with E-state index in [4.69, 9.17) is 13.9 Å². The van der Waals surface area contributed by atoms with Crippen molar-refractivity contribution in [3.05, 3.63) is 70.6 Å². The molecule has 4 aromatic rings.